The summed E-state index contributed by atoms with van der Waals surface area (Å²) < 4.78 is 19.5. The molecule has 0 aromatic heterocycles. The van der Waals surface area contributed by atoms with E-state index in [1.165, 1.54) is 6.07 Å². The molecule has 0 bridgehead atoms. The maximum Gasteiger partial charge on any atom is 0.137 e. The summed E-state index contributed by atoms with van der Waals surface area (Å²) in [5.41, 5.74) is 2.04. The summed E-state index contributed by atoms with van der Waals surface area (Å²) in [6.45, 7) is 2.82. The van der Waals surface area contributed by atoms with Gasteiger partial charge in [0, 0.05) is 17.2 Å². The highest BCUT2D eigenvalue weighted by Gasteiger charge is 2.27. The summed E-state index contributed by atoms with van der Waals surface area (Å²) >= 11 is 3.22. The molecule has 0 fully saturated rings. The van der Waals surface area contributed by atoms with Crippen molar-refractivity contribution in [2.75, 3.05) is 11.9 Å². The maximum absolute atomic E-state index is 13.3. The Morgan fingerprint density at radius 2 is 2.05 bits per heavy atom. The van der Waals surface area contributed by atoms with Gasteiger partial charge in [-0.1, -0.05) is 25.1 Å². The lowest BCUT2D eigenvalue weighted by molar-refractivity contribution is 0.214. The minimum Gasteiger partial charge on any atom is -0.493 e. The Morgan fingerprint density at radius 1 is 1.25 bits per heavy atom. The van der Waals surface area contributed by atoms with Gasteiger partial charge < -0.3 is 10.1 Å². The molecule has 20 heavy (non-hydrogen) atoms. The molecule has 2 aromatic rings. The molecule has 0 radical (unpaired) electrons. The van der Waals surface area contributed by atoms with E-state index in [9.17, 15) is 4.39 Å². The summed E-state index contributed by atoms with van der Waals surface area (Å²) in [5.74, 6) is 1.01. The quantitative estimate of drug-likeness (QED) is 0.853. The van der Waals surface area contributed by atoms with Crippen molar-refractivity contribution in [2.24, 2.45) is 5.92 Å². The van der Waals surface area contributed by atoms with Gasteiger partial charge >= 0.3 is 0 Å². The molecule has 104 valence electrons. The Kier molecular flexibility index (Phi) is 3.66. The lowest BCUT2D eigenvalue weighted by Crippen LogP contribution is -2.28. The standard InChI is InChI=1S/C16H15BrFNO/c1-10-9-20-15-5-3-2-4-12(15)16(10)19-11-6-7-14(18)13(17)8-11/h2-8,10,16,19H,9H2,1H3. The van der Waals surface area contributed by atoms with E-state index in [1.807, 2.05) is 18.2 Å². The second-order valence-corrected chi connectivity index (χ2v) is 5.93. The number of fused-ring (bicyclic) bond motifs is 1. The third-order valence-corrected chi connectivity index (χ3v) is 4.17. The van der Waals surface area contributed by atoms with Gasteiger partial charge in [0.2, 0.25) is 0 Å². The Labute approximate surface area is 126 Å². The van der Waals surface area contributed by atoms with Gasteiger partial charge in [0.25, 0.3) is 0 Å². The molecule has 1 aliphatic heterocycles. The second kappa shape index (κ2) is 5.44. The lowest BCUT2D eigenvalue weighted by Gasteiger charge is -2.32. The van der Waals surface area contributed by atoms with Crippen LogP contribution >= 0.6 is 15.9 Å². The van der Waals surface area contributed by atoms with Crippen molar-refractivity contribution in [3.63, 3.8) is 0 Å². The zero-order valence-corrected chi connectivity index (χ0v) is 12.7. The van der Waals surface area contributed by atoms with Gasteiger partial charge in [-0.15, -0.1) is 0 Å². The number of hydrogen-bond acceptors (Lipinski definition) is 2. The highest BCUT2D eigenvalue weighted by molar-refractivity contribution is 9.10. The zero-order valence-electron chi connectivity index (χ0n) is 11.1. The van der Waals surface area contributed by atoms with E-state index >= 15 is 0 Å². The molecule has 0 saturated heterocycles. The SMILES string of the molecule is CC1COc2ccccc2C1Nc1ccc(F)c(Br)c1. The van der Waals surface area contributed by atoms with Crippen LogP contribution in [0.1, 0.15) is 18.5 Å². The first kappa shape index (κ1) is 13.4. The van der Waals surface area contributed by atoms with Crippen LogP contribution in [-0.2, 0) is 0 Å². The summed E-state index contributed by atoms with van der Waals surface area (Å²) in [6.07, 6.45) is 0. The highest BCUT2D eigenvalue weighted by atomic mass is 79.9. The van der Waals surface area contributed by atoms with Crippen molar-refractivity contribution in [1.29, 1.82) is 0 Å². The van der Waals surface area contributed by atoms with Crippen molar-refractivity contribution in [3.8, 4) is 5.75 Å². The fourth-order valence-corrected chi connectivity index (χ4v) is 2.86. The predicted octanol–water partition coefficient (Wildman–Crippen LogP) is 4.77. The summed E-state index contributed by atoms with van der Waals surface area (Å²) in [6, 6.07) is 13.2. The molecule has 2 unspecified atom stereocenters. The topological polar surface area (TPSA) is 21.3 Å². The van der Waals surface area contributed by atoms with E-state index in [0.29, 0.717) is 17.0 Å². The van der Waals surface area contributed by atoms with Crippen LogP contribution in [0.25, 0.3) is 0 Å². The molecule has 1 heterocycles. The minimum atomic E-state index is -0.254. The summed E-state index contributed by atoms with van der Waals surface area (Å²) in [4.78, 5) is 0. The van der Waals surface area contributed by atoms with Gasteiger partial charge in [-0.25, -0.2) is 4.39 Å². The normalized spacial score (nSPS) is 20.9. The van der Waals surface area contributed by atoms with E-state index in [-0.39, 0.29) is 11.9 Å². The van der Waals surface area contributed by atoms with Crippen molar-refractivity contribution >= 4 is 21.6 Å². The fraction of sp³-hybridized carbons (Fsp3) is 0.250. The summed E-state index contributed by atoms with van der Waals surface area (Å²) in [7, 11) is 0. The molecule has 4 heteroatoms. The molecule has 0 spiro atoms. The average Bonchev–Trinajstić information content (AvgIpc) is 2.46. The zero-order chi connectivity index (χ0) is 14.1. The summed E-state index contributed by atoms with van der Waals surface area (Å²) in [5, 5.41) is 3.48. The first-order chi connectivity index (χ1) is 9.65. The van der Waals surface area contributed by atoms with E-state index in [4.69, 9.17) is 4.74 Å². The van der Waals surface area contributed by atoms with Crippen LogP contribution in [0, 0.1) is 11.7 Å². The Hall–Kier alpha value is -1.55. The van der Waals surface area contributed by atoms with Crippen LogP contribution in [0.15, 0.2) is 46.9 Å². The van der Waals surface area contributed by atoms with Gasteiger partial charge in [0.15, 0.2) is 0 Å². The third-order valence-electron chi connectivity index (χ3n) is 3.57. The lowest BCUT2D eigenvalue weighted by atomic mass is 9.92. The number of ether oxygens (including phenoxy) is 1. The molecule has 2 nitrogen and oxygen atoms in total. The van der Waals surface area contributed by atoms with Crippen molar-refractivity contribution in [2.45, 2.75) is 13.0 Å². The van der Waals surface area contributed by atoms with Crippen LogP contribution in [0.5, 0.6) is 5.75 Å². The minimum absolute atomic E-state index is 0.164. The number of anilines is 1. The Morgan fingerprint density at radius 3 is 2.85 bits per heavy atom. The van der Waals surface area contributed by atoms with Crippen LogP contribution in [-0.4, -0.2) is 6.61 Å². The van der Waals surface area contributed by atoms with Gasteiger partial charge in [-0.2, -0.15) is 0 Å². The Balaban J connectivity index is 1.91. The number of halogens is 2. The van der Waals surface area contributed by atoms with E-state index in [1.54, 1.807) is 12.1 Å². The number of benzene rings is 2. The highest BCUT2D eigenvalue weighted by Crippen LogP contribution is 2.37. The smallest absolute Gasteiger partial charge is 0.137 e. The number of hydrogen-bond donors (Lipinski definition) is 1. The van der Waals surface area contributed by atoms with Crippen LogP contribution in [0.2, 0.25) is 0 Å². The second-order valence-electron chi connectivity index (χ2n) is 5.08. The molecule has 0 aliphatic carbocycles. The predicted molar refractivity (Wildman–Crippen MR) is 81.6 cm³/mol. The number of nitrogens with one attached hydrogen (secondary N) is 1. The van der Waals surface area contributed by atoms with Gasteiger partial charge in [-0.05, 0) is 40.2 Å². The number of rotatable bonds is 2. The fourth-order valence-electron chi connectivity index (χ4n) is 2.48. The first-order valence-electron chi connectivity index (χ1n) is 6.58. The van der Waals surface area contributed by atoms with Gasteiger partial charge in [0.05, 0.1) is 17.1 Å². The van der Waals surface area contributed by atoms with Gasteiger partial charge in [-0.3, -0.25) is 0 Å². The molecular weight excluding hydrogens is 321 g/mol. The van der Waals surface area contributed by atoms with Gasteiger partial charge in [0.1, 0.15) is 11.6 Å². The molecule has 2 atom stereocenters. The van der Waals surface area contributed by atoms with Crippen LogP contribution in [0.4, 0.5) is 10.1 Å². The van der Waals surface area contributed by atoms with E-state index in [2.05, 4.69) is 34.2 Å². The largest absolute Gasteiger partial charge is 0.493 e. The van der Waals surface area contributed by atoms with Crippen molar-refractivity contribution in [1.82, 2.24) is 0 Å². The monoisotopic (exact) mass is 335 g/mol. The van der Waals surface area contributed by atoms with E-state index in [0.717, 1.165) is 17.0 Å². The third kappa shape index (κ3) is 2.52. The molecule has 1 aliphatic rings. The Bertz CT molecular complexity index is 632. The van der Waals surface area contributed by atoms with Crippen molar-refractivity contribution in [3.05, 3.63) is 58.3 Å². The van der Waals surface area contributed by atoms with Crippen LogP contribution in [0.3, 0.4) is 0 Å². The molecule has 3 rings (SSSR count). The van der Waals surface area contributed by atoms with E-state index < -0.39 is 0 Å². The maximum atomic E-state index is 13.3. The molecule has 1 N–H and O–H groups in total. The average molecular weight is 336 g/mol. The molecule has 2 aromatic carbocycles. The molecule has 0 saturated carbocycles. The molecule has 0 amide bonds. The first-order valence-corrected chi connectivity index (χ1v) is 7.38. The van der Waals surface area contributed by atoms with Crippen molar-refractivity contribution < 1.29 is 9.13 Å². The number of para-hydroxylation sites is 1. The molecular formula is C16H15BrFNO. The van der Waals surface area contributed by atoms with Crippen LogP contribution < -0.4 is 10.1 Å².